The number of nitrogens with one attached hydrogen (secondary N) is 1. The molecule has 0 amide bonds. The molecule has 1 atom stereocenters. The molecule has 0 spiro atoms. The van der Waals surface area contributed by atoms with E-state index in [4.69, 9.17) is 22.4 Å². The van der Waals surface area contributed by atoms with E-state index >= 15 is 0 Å². The van der Waals surface area contributed by atoms with E-state index in [1.54, 1.807) is 6.07 Å². The number of nitrogens with two attached hydrogens (primary N) is 1. The van der Waals surface area contributed by atoms with E-state index in [1.165, 1.54) is 0 Å². The molecule has 1 aromatic carbocycles. The summed E-state index contributed by atoms with van der Waals surface area (Å²) in [5.74, 6) is 0. The molecule has 14 heavy (non-hydrogen) atoms. The molecule has 0 saturated heterocycles. The van der Waals surface area contributed by atoms with E-state index in [-0.39, 0.29) is 12.6 Å². The molecule has 0 bridgehead atoms. The minimum Gasteiger partial charge on any atom is -0.396 e. The average Bonchev–Trinajstić information content (AvgIpc) is 2.20. The summed E-state index contributed by atoms with van der Waals surface area (Å²) in [6.45, 7) is 2.08. The van der Waals surface area contributed by atoms with Crippen LogP contribution in [-0.4, -0.2) is 17.8 Å². The molecule has 0 saturated carbocycles. The number of aliphatic hydroxyl groups excluding tert-OH is 1. The molecule has 78 valence electrons. The van der Waals surface area contributed by atoms with Gasteiger partial charge in [0.2, 0.25) is 0 Å². The van der Waals surface area contributed by atoms with Crippen molar-refractivity contribution < 1.29 is 5.11 Å². The standard InChI is InChI=1S/C10H15ClN2O/c1-2-7(6-14)13-9-5-3-4-8(11)10(9)12/h3-5,7,13-14H,2,6,12H2,1H3. The highest BCUT2D eigenvalue weighted by atomic mass is 35.5. The lowest BCUT2D eigenvalue weighted by Gasteiger charge is -2.17. The predicted octanol–water partition coefficient (Wildman–Crippen LogP) is 2.10. The van der Waals surface area contributed by atoms with E-state index in [1.807, 2.05) is 19.1 Å². The van der Waals surface area contributed by atoms with Crippen LogP contribution in [0.2, 0.25) is 5.02 Å². The van der Waals surface area contributed by atoms with Gasteiger partial charge in [-0.1, -0.05) is 24.6 Å². The van der Waals surface area contributed by atoms with Crippen molar-refractivity contribution in [1.82, 2.24) is 0 Å². The number of rotatable bonds is 4. The van der Waals surface area contributed by atoms with Gasteiger partial charge in [-0.2, -0.15) is 0 Å². The predicted molar refractivity (Wildman–Crippen MR) is 60.7 cm³/mol. The topological polar surface area (TPSA) is 58.3 Å². The largest absolute Gasteiger partial charge is 0.396 e. The van der Waals surface area contributed by atoms with E-state index < -0.39 is 0 Å². The Morgan fingerprint density at radius 2 is 2.29 bits per heavy atom. The molecular weight excluding hydrogens is 200 g/mol. The molecule has 0 heterocycles. The number of para-hydroxylation sites is 1. The molecule has 4 heteroatoms. The molecule has 1 unspecified atom stereocenters. The van der Waals surface area contributed by atoms with Gasteiger partial charge in [-0.25, -0.2) is 0 Å². The summed E-state index contributed by atoms with van der Waals surface area (Å²) in [4.78, 5) is 0. The molecular formula is C10H15ClN2O. The van der Waals surface area contributed by atoms with Crippen molar-refractivity contribution in [3.05, 3.63) is 23.2 Å². The summed E-state index contributed by atoms with van der Waals surface area (Å²) in [6.07, 6.45) is 0.836. The molecule has 0 aliphatic carbocycles. The Morgan fingerprint density at radius 3 is 2.86 bits per heavy atom. The fourth-order valence-corrected chi connectivity index (χ4v) is 1.33. The Balaban J connectivity index is 2.80. The van der Waals surface area contributed by atoms with Crippen LogP contribution in [0.4, 0.5) is 11.4 Å². The van der Waals surface area contributed by atoms with Crippen LogP contribution in [0.15, 0.2) is 18.2 Å². The smallest absolute Gasteiger partial charge is 0.0739 e. The van der Waals surface area contributed by atoms with Gasteiger partial charge >= 0.3 is 0 Å². The number of hydrogen-bond acceptors (Lipinski definition) is 3. The third-order valence-electron chi connectivity index (χ3n) is 2.13. The molecule has 3 nitrogen and oxygen atoms in total. The van der Waals surface area contributed by atoms with Gasteiger partial charge in [-0.05, 0) is 18.6 Å². The lowest BCUT2D eigenvalue weighted by molar-refractivity contribution is 0.272. The van der Waals surface area contributed by atoms with Crippen molar-refractivity contribution in [3.63, 3.8) is 0 Å². The first-order valence-electron chi connectivity index (χ1n) is 4.60. The number of hydrogen-bond donors (Lipinski definition) is 3. The molecule has 0 aliphatic heterocycles. The Morgan fingerprint density at radius 1 is 1.57 bits per heavy atom. The van der Waals surface area contributed by atoms with Gasteiger partial charge in [0, 0.05) is 6.04 Å². The van der Waals surface area contributed by atoms with E-state index in [0.717, 1.165) is 12.1 Å². The highest BCUT2D eigenvalue weighted by Crippen LogP contribution is 2.27. The van der Waals surface area contributed by atoms with Crippen molar-refractivity contribution in [1.29, 1.82) is 0 Å². The second-order valence-corrected chi connectivity index (χ2v) is 3.54. The van der Waals surface area contributed by atoms with Crippen LogP contribution in [0.25, 0.3) is 0 Å². The van der Waals surface area contributed by atoms with Crippen molar-refractivity contribution in [2.24, 2.45) is 0 Å². The minimum atomic E-state index is 0.0239. The van der Waals surface area contributed by atoms with Crippen molar-refractivity contribution >= 4 is 23.0 Å². The van der Waals surface area contributed by atoms with Crippen molar-refractivity contribution in [3.8, 4) is 0 Å². The average molecular weight is 215 g/mol. The monoisotopic (exact) mass is 214 g/mol. The fraction of sp³-hybridized carbons (Fsp3) is 0.400. The normalized spacial score (nSPS) is 12.5. The zero-order chi connectivity index (χ0) is 10.6. The molecule has 1 aromatic rings. The molecule has 0 aromatic heterocycles. The maximum Gasteiger partial charge on any atom is 0.0739 e. The number of nitrogen functional groups attached to an aromatic ring is 1. The molecule has 0 aliphatic rings. The number of benzene rings is 1. The Labute approximate surface area is 88.9 Å². The third kappa shape index (κ3) is 2.53. The van der Waals surface area contributed by atoms with Gasteiger partial charge in [-0.15, -0.1) is 0 Å². The summed E-state index contributed by atoms with van der Waals surface area (Å²) in [6, 6.07) is 5.43. The molecule has 0 fully saturated rings. The highest BCUT2D eigenvalue weighted by molar-refractivity contribution is 6.33. The second-order valence-electron chi connectivity index (χ2n) is 3.13. The Hall–Kier alpha value is -0.930. The van der Waals surface area contributed by atoms with E-state index in [2.05, 4.69) is 5.32 Å². The third-order valence-corrected chi connectivity index (χ3v) is 2.46. The zero-order valence-corrected chi connectivity index (χ0v) is 8.88. The van der Waals surface area contributed by atoms with Crippen molar-refractivity contribution in [2.45, 2.75) is 19.4 Å². The van der Waals surface area contributed by atoms with Crippen LogP contribution >= 0.6 is 11.6 Å². The van der Waals surface area contributed by atoms with Gasteiger partial charge in [0.15, 0.2) is 0 Å². The zero-order valence-electron chi connectivity index (χ0n) is 8.13. The second kappa shape index (κ2) is 5.08. The van der Waals surface area contributed by atoms with Crippen LogP contribution in [0, 0.1) is 0 Å². The quantitative estimate of drug-likeness (QED) is 0.673. The van der Waals surface area contributed by atoms with Gasteiger partial charge in [0.25, 0.3) is 0 Å². The summed E-state index contributed by atoms with van der Waals surface area (Å²) >= 11 is 5.86. The fourth-order valence-electron chi connectivity index (χ4n) is 1.16. The van der Waals surface area contributed by atoms with Crippen LogP contribution < -0.4 is 11.1 Å². The van der Waals surface area contributed by atoms with Crippen LogP contribution in [0.1, 0.15) is 13.3 Å². The van der Waals surface area contributed by atoms with Gasteiger partial charge in [-0.3, -0.25) is 0 Å². The highest BCUT2D eigenvalue weighted by Gasteiger charge is 2.07. The first-order chi connectivity index (χ1) is 6.69. The number of halogens is 1. The lowest BCUT2D eigenvalue weighted by atomic mass is 10.2. The maximum absolute atomic E-state index is 9.01. The Kier molecular flexibility index (Phi) is 4.04. The lowest BCUT2D eigenvalue weighted by Crippen LogP contribution is -2.23. The van der Waals surface area contributed by atoms with Gasteiger partial charge < -0.3 is 16.2 Å². The SMILES string of the molecule is CCC(CO)Nc1cccc(Cl)c1N. The van der Waals surface area contributed by atoms with Gasteiger partial charge in [0.1, 0.15) is 0 Å². The summed E-state index contributed by atoms with van der Waals surface area (Å²) in [5, 5.41) is 12.7. The van der Waals surface area contributed by atoms with E-state index in [0.29, 0.717) is 10.7 Å². The first kappa shape index (κ1) is 11.1. The minimum absolute atomic E-state index is 0.0239. The molecule has 0 radical (unpaired) electrons. The maximum atomic E-state index is 9.01. The summed E-state index contributed by atoms with van der Waals surface area (Å²) < 4.78 is 0. The van der Waals surface area contributed by atoms with Crippen LogP contribution in [0.5, 0.6) is 0 Å². The molecule has 1 rings (SSSR count). The Bertz CT molecular complexity index is 300. The van der Waals surface area contributed by atoms with Crippen LogP contribution in [0.3, 0.4) is 0 Å². The van der Waals surface area contributed by atoms with E-state index in [9.17, 15) is 0 Å². The number of anilines is 2. The number of aliphatic hydroxyl groups is 1. The first-order valence-corrected chi connectivity index (χ1v) is 4.98. The molecule has 4 N–H and O–H groups in total. The summed E-state index contributed by atoms with van der Waals surface area (Å²) in [5.41, 5.74) is 7.07. The van der Waals surface area contributed by atoms with Crippen LogP contribution in [-0.2, 0) is 0 Å². The van der Waals surface area contributed by atoms with Crippen molar-refractivity contribution in [2.75, 3.05) is 17.7 Å². The van der Waals surface area contributed by atoms with Gasteiger partial charge in [0.05, 0.1) is 23.0 Å². The summed E-state index contributed by atoms with van der Waals surface area (Å²) in [7, 11) is 0.